The molecule has 0 heterocycles. The highest BCUT2D eigenvalue weighted by atomic mass is 16.3. The van der Waals surface area contributed by atoms with Gasteiger partial charge in [-0.25, -0.2) is 0 Å². The first-order valence-electron chi connectivity index (χ1n) is 10.7. The molecular formula is C23H46O. The maximum atomic E-state index is 9.84. The second kappa shape index (κ2) is 13.0. The van der Waals surface area contributed by atoms with E-state index < -0.39 is 5.60 Å². The van der Waals surface area contributed by atoms with Gasteiger partial charge in [0.25, 0.3) is 0 Å². The molecule has 0 aromatic rings. The summed E-state index contributed by atoms with van der Waals surface area (Å²) in [5, 5.41) is 9.84. The summed E-state index contributed by atoms with van der Waals surface area (Å²) >= 11 is 0. The van der Waals surface area contributed by atoms with Crippen molar-refractivity contribution in [1.29, 1.82) is 0 Å². The Morgan fingerprint density at radius 1 is 1.12 bits per heavy atom. The minimum atomic E-state index is -0.488. The number of rotatable bonds is 6. The van der Waals surface area contributed by atoms with Crippen molar-refractivity contribution in [3.8, 4) is 0 Å². The van der Waals surface area contributed by atoms with Gasteiger partial charge in [-0.3, -0.25) is 0 Å². The molecule has 3 atom stereocenters. The Hall–Kier alpha value is -0.300. The zero-order valence-electron chi connectivity index (χ0n) is 17.8. The maximum absolute atomic E-state index is 9.84. The first-order valence-corrected chi connectivity index (χ1v) is 10.7. The lowest BCUT2D eigenvalue weighted by atomic mass is 9.81. The van der Waals surface area contributed by atoms with Crippen LogP contribution in [0.5, 0.6) is 0 Å². The molecule has 1 saturated carbocycles. The second-order valence-corrected chi connectivity index (χ2v) is 8.23. The van der Waals surface area contributed by atoms with Gasteiger partial charge >= 0.3 is 0 Å². The number of unbranched alkanes of at least 4 members (excludes halogenated alkanes) is 1. The molecule has 0 saturated heterocycles. The Morgan fingerprint density at radius 3 is 2.33 bits per heavy atom. The third-order valence-electron chi connectivity index (χ3n) is 5.82. The van der Waals surface area contributed by atoms with Crippen LogP contribution in [0, 0.1) is 17.8 Å². The van der Waals surface area contributed by atoms with Gasteiger partial charge in [0.15, 0.2) is 0 Å². The van der Waals surface area contributed by atoms with Gasteiger partial charge in [0.2, 0.25) is 0 Å². The van der Waals surface area contributed by atoms with Gasteiger partial charge in [-0.2, -0.15) is 0 Å². The van der Waals surface area contributed by atoms with Crippen LogP contribution in [0.3, 0.4) is 0 Å². The summed E-state index contributed by atoms with van der Waals surface area (Å²) in [6, 6.07) is 0. The molecule has 1 N–H and O–H groups in total. The second-order valence-electron chi connectivity index (χ2n) is 8.23. The largest absolute Gasteiger partial charge is 0.390 e. The molecule has 0 spiro atoms. The van der Waals surface area contributed by atoms with E-state index in [4.69, 9.17) is 0 Å². The van der Waals surface area contributed by atoms with Crippen LogP contribution in [0.2, 0.25) is 0 Å². The minimum absolute atomic E-state index is 0.488. The molecule has 1 nitrogen and oxygen atoms in total. The van der Waals surface area contributed by atoms with Gasteiger partial charge in [-0.1, -0.05) is 65.0 Å². The molecular weight excluding hydrogens is 292 g/mol. The number of hydrogen-bond acceptors (Lipinski definition) is 1. The maximum Gasteiger partial charge on any atom is 0.0591 e. The lowest BCUT2D eigenvalue weighted by Gasteiger charge is -2.25. The Morgan fingerprint density at radius 2 is 1.79 bits per heavy atom. The first-order chi connectivity index (χ1) is 11.4. The molecule has 1 rings (SSSR count). The van der Waals surface area contributed by atoms with Crippen LogP contribution in [0.1, 0.15) is 113 Å². The Bertz CT molecular complexity index is 323. The number of hydrogen-bond donors (Lipinski definition) is 1. The van der Waals surface area contributed by atoms with E-state index in [0.717, 1.165) is 24.2 Å². The van der Waals surface area contributed by atoms with Crippen molar-refractivity contribution < 1.29 is 5.11 Å². The smallest absolute Gasteiger partial charge is 0.0591 e. The Labute approximate surface area is 153 Å². The molecule has 1 fully saturated rings. The van der Waals surface area contributed by atoms with E-state index in [2.05, 4.69) is 26.8 Å². The monoisotopic (exact) mass is 338 g/mol. The fraction of sp³-hybridized carbons (Fsp3) is 0.913. The molecule has 0 amide bonds. The zero-order valence-corrected chi connectivity index (χ0v) is 17.8. The van der Waals surface area contributed by atoms with E-state index in [0.29, 0.717) is 0 Å². The normalized spacial score (nSPS) is 27.7. The highest BCUT2D eigenvalue weighted by Crippen LogP contribution is 2.36. The van der Waals surface area contributed by atoms with Gasteiger partial charge in [0, 0.05) is 0 Å². The fourth-order valence-electron chi connectivity index (χ4n) is 4.19. The summed E-state index contributed by atoms with van der Waals surface area (Å²) in [6.07, 6.45) is 15.3. The van der Waals surface area contributed by atoms with Crippen molar-refractivity contribution in [3.63, 3.8) is 0 Å². The topological polar surface area (TPSA) is 20.2 Å². The molecule has 3 unspecified atom stereocenters. The zero-order chi connectivity index (χ0) is 18.6. The lowest BCUT2D eigenvalue weighted by molar-refractivity contribution is 0.0673. The fourth-order valence-corrected chi connectivity index (χ4v) is 4.19. The van der Waals surface area contributed by atoms with Gasteiger partial charge < -0.3 is 5.11 Å². The van der Waals surface area contributed by atoms with Crippen LogP contribution in [-0.2, 0) is 0 Å². The van der Waals surface area contributed by atoms with Crippen molar-refractivity contribution in [2.75, 3.05) is 0 Å². The molecule has 0 aliphatic heterocycles. The molecule has 0 radical (unpaired) electrons. The van der Waals surface area contributed by atoms with E-state index >= 15 is 0 Å². The van der Waals surface area contributed by atoms with Gasteiger partial charge in [0.05, 0.1) is 5.60 Å². The molecule has 1 aliphatic carbocycles. The SMILES string of the molecule is C/C=C1\CCCC(C)C(CCCCC(C)(C)O)CCC1CC.CC. The van der Waals surface area contributed by atoms with Crippen LogP contribution in [0.15, 0.2) is 11.6 Å². The van der Waals surface area contributed by atoms with Crippen LogP contribution in [0.4, 0.5) is 0 Å². The third kappa shape index (κ3) is 9.87. The van der Waals surface area contributed by atoms with E-state index in [1.807, 2.05) is 27.7 Å². The number of allylic oxidation sites excluding steroid dienone is 2. The van der Waals surface area contributed by atoms with E-state index in [1.54, 1.807) is 5.57 Å². The summed E-state index contributed by atoms with van der Waals surface area (Å²) in [7, 11) is 0. The van der Waals surface area contributed by atoms with E-state index in [1.165, 1.54) is 57.8 Å². The average Bonchev–Trinajstić information content (AvgIpc) is 2.62. The summed E-state index contributed by atoms with van der Waals surface area (Å²) in [5.74, 6) is 2.59. The molecule has 24 heavy (non-hydrogen) atoms. The third-order valence-corrected chi connectivity index (χ3v) is 5.82. The van der Waals surface area contributed by atoms with Crippen molar-refractivity contribution in [2.45, 2.75) is 118 Å². The highest BCUT2D eigenvalue weighted by Gasteiger charge is 2.23. The predicted octanol–water partition coefficient (Wildman–Crippen LogP) is 7.53. The summed E-state index contributed by atoms with van der Waals surface area (Å²) < 4.78 is 0. The predicted molar refractivity (Wildman–Crippen MR) is 109 cm³/mol. The molecule has 1 aliphatic rings. The molecule has 1 heteroatoms. The van der Waals surface area contributed by atoms with Crippen molar-refractivity contribution in [2.24, 2.45) is 17.8 Å². The standard InChI is InChI=1S/C21H40O.C2H6/c1-6-18-13-10-11-17(3)20(15-14-19(18)7-2)12-8-9-16-21(4,5)22;1-2/h6,17,19-20,22H,7-16H2,1-5H3;1-2H3/b18-6+;. The van der Waals surface area contributed by atoms with Gasteiger partial charge in [-0.15, -0.1) is 0 Å². The molecule has 0 aromatic carbocycles. The Balaban J connectivity index is 0.00000254. The van der Waals surface area contributed by atoms with Crippen LogP contribution >= 0.6 is 0 Å². The van der Waals surface area contributed by atoms with Gasteiger partial charge in [-0.05, 0) is 77.0 Å². The molecule has 0 aromatic heterocycles. The number of aliphatic hydroxyl groups is 1. The molecule has 144 valence electrons. The quantitative estimate of drug-likeness (QED) is 0.392. The summed E-state index contributed by atoms with van der Waals surface area (Å²) in [4.78, 5) is 0. The highest BCUT2D eigenvalue weighted by molar-refractivity contribution is 5.06. The summed E-state index contributed by atoms with van der Waals surface area (Å²) in [6.45, 7) is 14.9. The van der Waals surface area contributed by atoms with Crippen molar-refractivity contribution in [1.82, 2.24) is 0 Å². The Kier molecular flexibility index (Phi) is 12.8. The molecule has 0 bridgehead atoms. The average molecular weight is 339 g/mol. The van der Waals surface area contributed by atoms with E-state index in [-0.39, 0.29) is 0 Å². The summed E-state index contributed by atoms with van der Waals surface area (Å²) in [5.41, 5.74) is 1.23. The van der Waals surface area contributed by atoms with E-state index in [9.17, 15) is 5.11 Å². The van der Waals surface area contributed by atoms with Gasteiger partial charge in [0.1, 0.15) is 0 Å². The van der Waals surface area contributed by atoms with Crippen LogP contribution in [0.25, 0.3) is 0 Å². The first kappa shape index (κ1) is 23.7. The van der Waals surface area contributed by atoms with Crippen molar-refractivity contribution in [3.05, 3.63) is 11.6 Å². The van der Waals surface area contributed by atoms with Crippen LogP contribution in [-0.4, -0.2) is 10.7 Å². The minimum Gasteiger partial charge on any atom is -0.390 e. The van der Waals surface area contributed by atoms with Crippen molar-refractivity contribution >= 4 is 0 Å². The lowest BCUT2D eigenvalue weighted by Crippen LogP contribution is -2.18. The van der Waals surface area contributed by atoms with Crippen LogP contribution < -0.4 is 0 Å².